The van der Waals surface area contributed by atoms with Gasteiger partial charge in [0, 0.05) is 6.42 Å². The van der Waals surface area contributed by atoms with E-state index >= 15 is 0 Å². The van der Waals surface area contributed by atoms with Crippen LogP contribution in [-0.4, -0.2) is 13.1 Å². The summed E-state index contributed by atoms with van der Waals surface area (Å²) in [4.78, 5) is 0. The summed E-state index contributed by atoms with van der Waals surface area (Å²) in [6.07, 6.45) is 5.24. The quantitative estimate of drug-likeness (QED) is 0.717. The molecule has 1 fully saturated rings. The van der Waals surface area contributed by atoms with Gasteiger partial charge in [-0.25, -0.2) is 0 Å². The molecule has 116 valence electrons. The maximum atomic E-state index is 3.67. The van der Waals surface area contributed by atoms with Gasteiger partial charge >= 0.3 is 0 Å². The Bertz CT molecular complexity index is 326. The Labute approximate surface area is 127 Å². The van der Waals surface area contributed by atoms with Crippen LogP contribution >= 0.6 is 0 Å². The normalized spacial score (nSPS) is 27.2. The van der Waals surface area contributed by atoms with E-state index in [0.717, 1.165) is 36.6 Å². The van der Waals surface area contributed by atoms with Crippen molar-refractivity contribution < 1.29 is 0 Å². The standard InChI is InChI=1S/C19H35N/c1-7-8-9-16-12-18(19(4,5)6)11-10-17(16)14-20-13-15(2)3/h15-18,20H,9-14H2,1-6H3. The molecule has 1 rings (SSSR count). The molecule has 0 heterocycles. The van der Waals surface area contributed by atoms with Gasteiger partial charge in [0.1, 0.15) is 0 Å². The lowest BCUT2D eigenvalue weighted by atomic mass is 9.65. The molecule has 1 aliphatic carbocycles. The average Bonchev–Trinajstić information content (AvgIpc) is 2.35. The van der Waals surface area contributed by atoms with Gasteiger partial charge in [-0.1, -0.05) is 34.6 Å². The maximum absolute atomic E-state index is 3.67. The highest BCUT2D eigenvalue weighted by Gasteiger charge is 2.35. The minimum atomic E-state index is 0.453. The predicted molar refractivity (Wildman–Crippen MR) is 89.6 cm³/mol. The molecule has 1 N–H and O–H groups in total. The van der Waals surface area contributed by atoms with Crippen LogP contribution < -0.4 is 5.32 Å². The van der Waals surface area contributed by atoms with Crippen LogP contribution in [0.4, 0.5) is 0 Å². The van der Waals surface area contributed by atoms with Crippen molar-refractivity contribution in [2.24, 2.45) is 29.1 Å². The summed E-state index contributed by atoms with van der Waals surface area (Å²) in [5.74, 6) is 9.67. The zero-order valence-electron chi connectivity index (χ0n) is 14.6. The van der Waals surface area contributed by atoms with Crippen LogP contribution in [0, 0.1) is 40.9 Å². The summed E-state index contributed by atoms with van der Waals surface area (Å²) < 4.78 is 0. The lowest BCUT2D eigenvalue weighted by Gasteiger charge is -2.41. The fraction of sp³-hybridized carbons (Fsp3) is 0.895. The molecule has 0 aromatic carbocycles. The van der Waals surface area contributed by atoms with E-state index in [1.807, 2.05) is 6.92 Å². The lowest BCUT2D eigenvalue weighted by Crippen LogP contribution is -2.37. The van der Waals surface area contributed by atoms with Gasteiger partial charge in [0.05, 0.1) is 0 Å². The molecule has 0 radical (unpaired) electrons. The number of hydrogen-bond donors (Lipinski definition) is 1. The van der Waals surface area contributed by atoms with E-state index in [0.29, 0.717) is 5.41 Å². The molecule has 1 heteroatoms. The largest absolute Gasteiger partial charge is 0.316 e. The minimum absolute atomic E-state index is 0.453. The van der Waals surface area contributed by atoms with Crippen molar-refractivity contribution in [1.82, 2.24) is 5.32 Å². The van der Waals surface area contributed by atoms with Gasteiger partial charge in [-0.15, -0.1) is 11.8 Å². The van der Waals surface area contributed by atoms with Gasteiger partial charge < -0.3 is 5.32 Å². The van der Waals surface area contributed by atoms with E-state index < -0.39 is 0 Å². The summed E-state index contributed by atoms with van der Waals surface area (Å²) in [6.45, 7) is 16.1. The van der Waals surface area contributed by atoms with E-state index in [1.165, 1.54) is 25.8 Å². The van der Waals surface area contributed by atoms with E-state index in [1.54, 1.807) is 0 Å². The zero-order valence-corrected chi connectivity index (χ0v) is 14.6. The first-order valence-corrected chi connectivity index (χ1v) is 8.45. The molecule has 1 aliphatic rings. The summed E-state index contributed by atoms with van der Waals surface area (Å²) in [5.41, 5.74) is 0.453. The van der Waals surface area contributed by atoms with Gasteiger partial charge in [0.15, 0.2) is 0 Å². The molecule has 0 aliphatic heterocycles. The molecular weight excluding hydrogens is 242 g/mol. The first kappa shape index (κ1) is 17.6. The smallest absolute Gasteiger partial charge is 0.0120 e. The van der Waals surface area contributed by atoms with Crippen molar-refractivity contribution in [3.8, 4) is 11.8 Å². The van der Waals surface area contributed by atoms with Crippen LogP contribution in [-0.2, 0) is 0 Å². The Kier molecular flexibility index (Phi) is 7.10. The van der Waals surface area contributed by atoms with Gasteiger partial charge in [0.2, 0.25) is 0 Å². The second-order valence-electron chi connectivity index (χ2n) is 8.08. The highest BCUT2D eigenvalue weighted by Crippen LogP contribution is 2.43. The van der Waals surface area contributed by atoms with E-state index in [4.69, 9.17) is 0 Å². The fourth-order valence-electron chi connectivity index (χ4n) is 3.42. The zero-order chi connectivity index (χ0) is 15.2. The first-order chi connectivity index (χ1) is 9.34. The molecule has 0 amide bonds. The SMILES string of the molecule is CC#CCC1CC(C(C)(C)C)CCC1CNCC(C)C. The van der Waals surface area contributed by atoms with E-state index in [-0.39, 0.29) is 0 Å². The fourth-order valence-corrected chi connectivity index (χ4v) is 3.42. The molecule has 0 aromatic heterocycles. The highest BCUT2D eigenvalue weighted by molar-refractivity contribution is 4.99. The number of rotatable bonds is 5. The number of hydrogen-bond acceptors (Lipinski definition) is 1. The van der Waals surface area contributed by atoms with Crippen molar-refractivity contribution in [1.29, 1.82) is 0 Å². The maximum Gasteiger partial charge on any atom is 0.0120 e. The summed E-state index contributed by atoms with van der Waals surface area (Å²) in [5, 5.41) is 3.67. The highest BCUT2D eigenvalue weighted by atomic mass is 14.9. The van der Waals surface area contributed by atoms with Crippen LogP contribution in [0.15, 0.2) is 0 Å². The van der Waals surface area contributed by atoms with Gasteiger partial charge in [-0.3, -0.25) is 0 Å². The molecule has 3 atom stereocenters. The number of nitrogens with one attached hydrogen (secondary N) is 1. The van der Waals surface area contributed by atoms with Crippen molar-refractivity contribution in [2.45, 2.75) is 67.2 Å². The van der Waals surface area contributed by atoms with Gasteiger partial charge in [-0.2, -0.15) is 0 Å². The molecule has 1 saturated carbocycles. The third kappa shape index (κ3) is 5.88. The summed E-state index contributed by atoms with van der Waals surface area (Å²) in [7, 11) is 0. The van der Waals surface area contributed by atoms with Crippen molar-refractivity contribution in [2.75, 3.05) is 13.1 Å². The van der Waals surface area contributed by atoms with E-state index in [9.17, 15) is 0 Å². The summed E-state index contributed by atoms with van der Waals surface area (Å²) in [6, 6.07) is 0. The molecule has 0 aromatic rings. The summed E-state index contributed by atoms with van der Waals surface area (Å²) >= 11 is 0. The topological polar surface area (TPSA) is 12.0 Å². The van der Waals surface area contributed by atoms with Crippen LogP contribution in [0.1, 0.15) is 67.2 Å². The molecule has 1 nitrogen and oxygen atoms in total. The van der Waals surface area contributed by atoms with Crippen LogP contribution in [0.5, 0.6) is 0 Å². The minimum Gasteiger partial charge on any atom is -0.316 e. The Morgan fingerprint density at radius 1 is 1.15 bits per heavy atom. The monoisotopic (exact) mass is 277 g/mol. The second kappa shape index (κ2) is 8.08. The molecule has 0 bridgehead atoms. The Hall–Kier alpha value is -0.480. The van der Waals surface area contributed by atoms with Crippen LogP contribution in [0.25, 0.3) is 0 Å². The Morgan fingerprint density at radius 3 is 2.40 bits per heavy atom. The lowest BCUT2D eigenvalue weighted by molar-refractivity contribution is 0.0991. The molecular formula is C19H35N. The van der Waals surface area contributed by atoms with Crippen molar-refractivity contribution in [3.63, 3.8) is 0 Å². The van der Waals surface area contributed by atoms with Crippen LogP contribution in [0.2, 0.25) is 0 Å². The molecule has 0 saturated heterocycles. The third-order valence-corrected chi connectivity index (χ3v) is 4.86. The van der Waals surface area contributed by atoms with E-state index in [2.05, 4.69) is 51.8 Å². The Morgan fingerprint density at radius 2 is 1.85 bits per heavy atom. The molecule has 20 heavy (non-hydrogen) atoms. The molecule has 0 spiro atoms. The van der Waals surface area contributed by atoms with Gasteiger partial charge in [-0.05, 0) is 68.4 Å². The molecule has 3 unspecified atom stereocenters. The predicted octanol–water partition coefficient (Wildman–Crippen LogP) is 4.72. The van der Waals surface area contributed by atoms with Crippen molar-refractivity contribution in [3.05, 3.63) is 0 Å². The van der Waals surface area contributed by atoms with Crippen molar-refractivity contribution >= 4 is 0 Å². The van der Waals surface area contributed by atoms with Gasteiger partial charge in [0.25, 0.3) is 0 Å². The van der Waals surface area contributed by atoms with Crippen LogP contribution in [0.3, 0.4) is 0 Å². The Balaban J connectivity index is 2.57. The third-order valence-electron chi connectivity index (χ3n) is 4.86. The second-order valence-corrected chi connectivity index (χ2v) is 8.08. The first-order valence-electron chi connectivity index (χ1n) is 8.45. The average molecular weight is 277 g/mol.